The molecular formula is C17H14N3O6S+. The molecule has 10 heteroatoms. The summed E-state index contributed by atoms with van der Waals surface area (Å²) < 4.78 is 27.5. The van der Waals surface area contributed by atoms with Crippen LogP contribution in [0.4, 0.5) is 11.4 Å². The zero-order chi connectivity index (χ0) is 19.8. The monoisotopic (exact) mass is 388 g/mol. The highest BCUT2D eigenvalue weighted by Crippen LogP contribution is 2.26. The van der Waals surface area contributed by atoms with Gasteiger partial charge in [0.25, 0.3) is 15.7 Å². The van der Waals surface area contributed by atoms with Crippen LogP contribution in [0.5, 0.6) is 0 Å². The first-order valence-corrected chi connectivity index (χ1v) is 9.14. The number of nitrogens with zero attached hydrogens (tertiary/aromatic N) is 2. The fraction of sp³-hybridized carbons (Fsp3) is 0.0588. The van der Waals surface area contributed by atoms with Gasteiger partial charge in [-0.25, -0.2) is 13.2 Å². The van der Waals surface area contributed by atoms with Crippen molar-refractivity contribution in [2.24, 2.45) is 0 Å². The van der Waals surface area contributed by atoms with Crippen LogP contribution in [0, 0.1) is 4.91 Å². The Bertz CT molecular complexity index is 1110. The molecule has 0 unspecified atom stereocenters. The number of carbonyl (C=O) groups excluding carboxylic acids is 1. The number of benzene rings is 2. The summed E-state index contributed by atoms with van der Waals surface area (Å²) in [5, 5.41) is 9.97. The van der Waals surface area contributed by atoms with E-state index in [1.807, 2.05) is 0 Å². The maximum atomic E-state index is 12.7. The highest BCUT2D eigenvalue weighted by molar-refractivity contribution is 7.92. The number of allylic oxidation sites excluding steroid dienone is 1. The molecule has 1 aliphatic heterocycles. The quantitative estimate of drug-likeness (QED) is 0.756. The van der Waals surface area contributed by atoms with Gasteiger partial charge in [0.05, 0.1) is 27.1 Å². The zero-order valence-electron chi connectivity index (χ0n) is 14.0. The lowest BCUT2D eigenvalue weighted by Crippen LogP contribution is -2.31. The van der Waals surface area contributed by atoms with E-state index in [1.54, 1.807) is 0 Å². The number of aromatic carboxylic acids is 1. The molecule has 1 heterocycles. The first kappa shape index (κ1) is 18.3. The van der Waals surface area contributed by atoms with Crippen LogP contribution in [-0.2, 0) is 14.8 Å². The van der Waals surface area contributed by atoms with E-state index in [0.29, 0.717) is 4.87 Å². The Balaban J connectivity index is 1.97. The van der Waals surface area contributed by atoms with Crippen LogP contribution in [0.25, 0.3) is 0 Å². The molecule has 0 bridgehead atoms. The van der Waals surface area contributed by atoms with Gasteiger partial charge in [-0.3, -0.25) is 9.52 Å². The van der Waals surface area contributed by atoms with Crippen LogP contribution in [-0.4, -0.2) is 30.3 Å². The fourth-order valence-electron chi connectivity index (χ4n) is 2.52. The molecule has 3 rings (SSSR count). The van der Waals surface area contributed by atoms with Crippen LogP contribution in [0.2, 0.25) is 0 Å². The molecule has 0 spiro atoms. The predicted octanol–water partition coefficient (Wildman–Crippen LogP) is 2.13. The van der Waals surface area contributed by atoms with Gasteiger partial charge >= 0.3 is 11.9 Å². The number of hydrogen-bond donors (Lipinski definition) is 2. The molecule has 2 aromatic carbocycles. The average molecular weight is 388 g/mol. The van der Waals surface area contributed by atoms with Crippen LogP contribution in [0.1, 0.15) is 17.3 Å². The maximum Gasteiger partial charge on any atom is 0.337 e. The molecule has 2 aromatic rings. The van der Waals surface area contributed by atoms with Crippen molar-refractivity contribution in [3.05, 3.63) is 70.8 Å². The molecule has 138 valence electrons. The largest absolute Gasteiger partial charge is 0.478 e. The van der Waals surface area contributed by atoms with E-state index < -0.39 is 21.9 Å². The number of sulfonamides is 1. The minimum Gasteiger partial charge on any atom is -0.478 e. The number of nitroso groups, excluding NO2 is 1. The van der Waals surface area contributed by atoms with Crippen LogP contribution < -0.4 is 9.73 Å². The molecule has 0 saturated heterocycles. The molecule has 0 saturated carbocycles. The Morgan fingerprint density at radius 1 is 1.15 bits per heavy atom. The summed E-state index contributed by atoms with van der Waals surface area (Å²) in [5.74, 6) is -1.88. The van der Waals surface area contributed by atoms with E-state index in [4.69, 9.17) is 0 Å². The van der Waals surface area contributed by atoms with E-state index in [-0.39, 0.29) is 27.5 Å². The van der Waals surface area contributed by atoms with Gasteiger partial charge in [0.2, 0.25) is 0 Å². The van der Waals surface area contributed by atoms with Crippen molar-refractivity contribution in [1.82, 2.24) is 0 Å². The summed E-state index contributed by atoms with van der Waals surface area (Å²) in [4.78, 5) is 35.3. The molecule has 0 aliphatic carbocycles. The zero-order valence-corrected chi connectivity index (χ0v) is 14.8. The Kier molecular flexibility index (Phi) is 4.50. The number of carboxylic acid groups (broad SMARTS) is 1. The van der Waals surface area contributed by atoms with E-state index >= 15 is 0 Å². The molecule has 0 radical (unpaired) electrons. The topological polar surface area (TPSA) is 124 Å². The number of hydrogen-bond acceptors (Lipinski definition) is 5. The molecule has 9 nitrogen and oxygen atoms in total. The van der Waals surface area contributed by atoms with Crippen LogP contribution >= 0.6 is 0 Å². The number of para-hydroxylation sites is 1. The van der Waals surface area contributed by atoms with Crippen molar-refractivity contribution in [3.63, 3.8) is 0 Å². The smallest absolute Gasteiger partial charge is 0.337 e. The van der Waals surface area contributed by atoms with Gasteiger partial charge in [0.15, 0.2) is 4.87 Å². The number of carbonyl (C=O) groups is 2. The Labute approximate surface area is 154 Å². The van der Waals surface area contributed by atoms with E-state index in [0.717, 1.165) is 17.2 Å². The molecule has 1 amide bonds. The summed E-state index contributed by atoms with van der Waals surface area (Å²) in [6.45, 7) is 1.45. The lowest BCUT2D eigenvalue weighted by atomic mass is 10.2. The Hall–Kier alpha value is -3.53. The Morgan fingerprint density at radius 3 is 2.48 bits per heavy atom. The number of carboxylic acids is 1. The number of hydrazine groups is 1. The van der Waals surface area contributed by atoms with Gasteiger partial charge in [-0.2, -0.15) is 0 Å². The SMILES string of the molecule is CC1=CC(=O)N(c2cccc(S(=O)(=O)Nc3ccccc3C(=O)O)c2)[N+]1=O. The van der Waals surface area contributed by atoms with Crippen molar-refractivity contribution in [1.29, 1.82) is 0 Å². The van der Waals surface area contributed by atoms with Crippen molar-refractivity contribution < 1.29 is 28.0 Å². The predicted molar refractivity (Wildman–Crippen MR) is 95.5 cm³/mol. The normalized spacial score (nSPS) is 14.3. The van der Waals surface area contributed by atoms with Gasteiger partial charge in [-0.1, -0.05) is 18.2 Å². The average Bonchev–Trinajstić information content (AvgIpc) is 2.87. The number of anilines is 2. The third-order valence-corrected chi connectivity index (χ3v) is 5.16. The number of rotatable bonds is 5. The molecule has 0 atom stereocenters. The highest BCUT2D eigenvalue weighted by atomic mass is 32.2. The lowest BCUT2D eigenvalue weighted by molar-refractivity contribution is -0.495. The second-order valence-electron chi connectivity index (χ2n) is 5.66. The molecule has 27 heavy (non-hydrogen) atoms. The van der Waals surface area contributed by atoms with Gasteiger partial charge in [-0.15, -0.1) is 0 Å². The van der Waals surface area contributed by atoms with Crippen molar-refractivity contribution in [2.75, 3.05) is 9.73 Å². The van der Waals surface area contributed by atoms with Crippen molar-refractivity contribution in [3.8, 4) is 0 Å². The first-order valence-electron chi connectivity index (χ1n) is 7.65. The van der Waals surface area contributed by atoms with Gasteiger partial charge in [-0.05, 0) is 35.3 Å². The third kappa shape index (κ3) is 3.42. The summed E-state index contributed by atoms with van der Waals surface area (Å²) >= 11 is 0. The first-order chi connectivity index (χ1) is 12.7. The summed E-state index contributed by atoms with van der Waals surface area (Å²) in [7, 11) is -4.16. The lowest BCUT2D eigenvalue weighted by Gasteiger charge is -2.12. The maximum absolute atomic E-state index is 12.7. The van der Waals surface area contributed by atoms with Gasteiger partial charge < -0.3 is 5.11 Å². The summed E-state index contributed by atoms with van der Waals surface area (Å²) in [6, 6.07) is 10.8. The minimum atomic E-state index is -4.16. The Morgan fingerprint density at radius 2 is 1.85 bits per heavy atom. The number of nitrogens with one attached hydrogen (secondary N) is 1. The highest BCUT2D eigenvalue weighted by Gasteiger charge is 2.39. The third-order valence-electron chi connectivity index (χ3n) is 3.80. The van der Waals surface area contributed by atoms with Gasteiger partial charge in [0.1, 0.15) is 5.69 Å². The van der Waals surface area contributed by atoms with Crippen molar-refractivity contribution >= 4 is 33.3 Å². The number of amides is 1. The van der Waals surface area contributed by atoms with E-state index in [1.165, 1.54) is 49.4 Å². The second kappa shape index (κ2) is 6.65. The van der Waals surface area contributed by atoms with E-state index in [2.05, 4.69) is 4.72 Å². The summed E-state index contributed by atoms with van der Waals surface area (Å²) in [6.07, 6.45) is 1.13. The standard InChI is InChI=1S/C17H13N3O6S/c1-11-9-16(21)19(20(11)24)12-5-4-6-13(10-12)27(25,26)18-15-8-3-2-7-14(15)17(22)23/h2-10,18H,1H3/p+1. The molecule has 0 aromatic heterocycles. The molecular weight excluding hydrogens is 374 g/mol. The molecule has 2 N–H and O–H groups in total. The van der Waals surface area contributed by atoms with Crippen LogP contribution in [0.15, 0.2) is 65.2 Å². The summed E-state index contributed by atoms with van der Waals surface area (Å²) in [5.41, 5.74) is -0.0765. The molecule has 0 fully saturated rings. The van der Waals surface area contributed by atoms with Gasteiger partial charge in [0, 0.05) is 6.92 Å². The van der Waals surface area contributed by atoms with Crippen molar-refractivity contribution in [2.45, 2.75) is 11.8 Å². The van der Waals surface area contributed by atoms with Crippen LogP contribution in [0.3, 0.4) is 0 Å². The fourth-order valence-corrected chi connectivity index (χ4v) is 3.64. The van der Waals surface area contributed by atoms with E-state index in [9.17, 15) is 28.0 Å². The molecule has 1 aliphatic rings. The minimum absolute atomic E-state index is 0.0671. The second-order valence-corrected chi connectivity index (χ2v) is 7.34.